The molecule has 47 heavy (non-hydrogen) atoms. The van der Waals surface area contributed by atoms with E-state index in [4.69, 9.17) is 19.4 Å². The van der Waals surface area contributed by atoms with Gasteiger partial charge in [0.1, 0.15) is 11.2 Å². The molecule has 0 unspecified atom stereocenters. The second-order valence-corrected chi connectivity index (χ2v) is 12.9. The van der Waals surface area contributed by atoms with E-state index in [1.165, 1.54) is 33.0 Å². The van der Waals surface area contributed by atoms with Crippen molar-refractivity contribution in [2.75, 3.05) is 0 Å². The van der Waals surface area contributed by atoms with Crippen LogP contribution in [-0.4, -0.2) is 19.5 Å². The lowest BCUT2D eigenvalue weighted by Crippen LogP contribution is -2.15. The van der Waals surface area contributed by atoms with Crippen LogP contribution in [0.1, 0.15) is 25.0 Å². The summed E-state index contributed by atoms with van der Waals surface area (Å²) in [4.78, 5) is 15.4. The minimum Gasteiger partial charge on any atom is -0.456 e. The average molecular weight is 605 g/mol. The molecule has 0 saturated carbocycles. The van der Waals surface area contributed by atoms with Gasteiger partial charge < -0.3 is 4.42 Å². The van der Waals surface area contributed by atoms with Crippen LogP contribution in [0.15, 0.2) is 138 Å². The standard InChI is InChI=1S/C42H28N4O/c1-42(2)32-17-9-6-14-27(32)29-21-22-34-37(38(29)42)30-16-7-10-18-33(30)46(34)41-44-39(25-12-4-3-5-13-25)43-40(45-41)26-20-23-36-31(24-26)28-15-8-11-19-35(28)47-36/h3-24H,1-2H3. The van der Waals surface area contributed by atoms with E-state index in [-0.39, 0.29) is 5.41 Å². The molecule has 1 aliphatic rings. The molecule has 10 rings (SSSR count). The molecule has 0 aliphatic heterocycles. The molecule has 0 saturated heterocycles. The molecular formula is C42H28N4O. The number of para-hydroxylation sites is 2. The van der Waals surface area contributed by atoms with Gasteiger partial charge in [0.15, 0.2) is 11.6 Å². The summed E-state index contributed by atoms with van der Waals surface area (Å²) in [5.41, 5.74) is 10.8. The Kier molecular flexibility index (Phi) is 5.28. The van der Waals surface area contributed by atoms with E-state index in [2.05, 4.69) is 91.2 Å². The molecule has 1 aliphatic carbocycles. The van der Waals surface area contributed by atoms with Crippen LogP contribution in [0.2, 0.25) is 0 Å². The molecule has 5 nitrogen and oxygen atoms in total. The number of benzene rings is 6. The highest BCUT2D eigenvalue weighted by Gasteiger charge is 2.38. The fourth-order valence-corrected chi connectivity index (χ4v) is 7.72. The lowest BCUT2D eigenvalue weighted by atomic mass is 9.80. The lowest BCUT2D eigenvalue weighted by molar-refractivity contribution is 0.666. The van der Waals surface area contributed by atoms with Crippen LogP contribution in [0.25, 0.3) is 83.6 Å². The molecule has 3 aromatic heterocycles. The van der Waals surface area contributed by atoms with Gasteiger partial charge in [-0.3, -0.25) is 4.57 Å². The van der Waals surface area contributed by atoms with Gasteiger partial charge in [-0.15, -0.1) is 0 Å². The van der Waals surface area contributed by atoms with Crippen molar-refractivity contribution in [2.45, 2.75) is 19.3 Å². The second kappa shape index (κ2) is 9.47. The van der Waals surface area contributed by atoms with E-state index in [1.807, 2.05) is 60.7 Å². The summed E-state index contributed by atoms with van der Waals surface area (Å²) in [6, 6.07) is 46.4. The average Bonchev–Trinajstić information content (AvgIpc) is 3.74. The molecule has 6 aromatic carbocycles. The fourth-order valence-electron chi connectivity index (χ4n) is 7.72. The Morgan fingerprint density at radius 3 is 2.11 bits per heavy atom. The van der Waals surface area contributed by atoms with Crippen molar-refractivity contribution in [2.24, 2.45) is 0 Å². The Morgan fingerprint density at radius 1 is 0.532 bits per heavy atom. The van der Waals surface area contributed by atoms with Crippen LogP contribution in [0.5, 0.6) is 0 Å². The van der Waals surface area contributed by atoms with E-state index >= 15 is 0 Å². The molecule has 222 valence electrons. The first-order valence-corrected chi connectivity index (χ1v) is 16.0. The van der Waals surface area contributed by atoms with Gasteiger partial charge in [0.25, 0.3) is 0 Å². The Labute approximate surface area is 270 Å². The zero-order valence-electron chi connectivity index (χ0n) is 25.9. The SMILES string of the molecule is CC1(C)c2ccccc2-c2ccc3c(c21)c1ccccc1n3-c1nc(-c2ccccc2)nc(-c2ccc3oc4ccccc4c3c2)n1. The van der Waals surface area contributed by atoms with Gasteiger partial charge in [-0.25, -0.2) is 4.98 Å². The monoisotopic (exact) mass is 604 g/mol. The van der Waals surface area contributed by atoms with E-state index < -0.39 is 0 Å². The molecule has 0 atom stereocenters. The smallest absolute Gasteiger partial charge is 0.238 e. The first-order valence-electron chi connectivity index (χ1n) is 16.0. The molecule has 0 fully saturated rings. The molecule has 0 radical (unpaired) electrons. The number of nitrogens with zero attached hydrogens (tertiary/aromatic N) is 4. The van der Waals surface area contributed by atoms with Crippen molar-refractivity contribution < 1.29 is 4.42 Å². The molecule has 9 aromatic rings. The number of hydrogen-bond acceptors (Lipinski definition) is 4. The zero-order chi connectivity index (χ0) is 31.3. The van der Waals surface area contributed by atoms with Gasteiger partial charge in [-0.05, 0) is 58.7 Å². The van der Waals surface area contributed by atoms with Crippen LogP contribution < -0.4 is 0 Å². The van der Waals surface area contributed by atoms with Gasteiger partial charge in [0, 0.05) is 38.1 Å². The first-order chi connectivity index (χ1) is 23.1. The Bertz CT molecular complexity index is 2720. The summed E-state index contributed by atoms with van der Waals surface area (Å²) in [5, 5.41) is 4.54. The molecular weight excluding hydrogens is 576 g/mol. The van der Waals surface area contributed by atoms with Gasteiger partial charge >= 0.3 is 0 Å². The molecule has 0 amide bonds. The van der Waals surface area contributed by atoms with Crippen molar-refractivity contribution >= 4 is 43.7 Å². The third-order valence-corrected chi connectivity index (χ3v) is 9.84. The predicted octanol–water partition coefficient (Wildman–Crippen LogP) is 10.5. The third kappa shape index (κ3) is 3.68. The number of furan rings is 1. The predicted molar refractivity (Wildman–Crippen MR) is 190 cm³/mol. The zero-order valence-corrected chi connectivity index (χ0v) is 25.9. The highest BCUT2D eigenvalue weighted by atomic mass is 16.3. The van der Waals surface area contributed by atoms with E-state index in [9.17, 15) is 0 Å². The summed E-state index contributed by atoms with van der Waals surface area (Å²) in [6.45, 7) is 4.68. The maximum Gasteiger partial charge on any atom is 0.238 e. The van der Waals surface area contributed by atoms with Crippen molar-refractivity contribution in [1.82, 2.24) is 19.5 Å². The summed E-state index contributed by atoms with van der Waals surface area (Å²) < 4.78 is 8.35. The number of fused-ring (bicyclic) bond motifs is 10. The quantitative estimate of drug-likeness (QED) is 0.201. The van der Waals surface area contributed by atoms with Gasteiger partial charge in [-0.1, -0.05) is 111 Å². The van der Waals surface area contributed by atoms with Crippen molar-refractivity contribution in [3.8, 4) is 39.9 Å². The molecule has 0 bridgehead atoms. The second-order valence-electron chi connectivity index (χ2n) is 12.9. The highest BCUT2D eigenvalue weighted by Crippen LogP contribution is 2.53. The fraction of sp³-hybridized carbons (Fsp3) is 0.0714. The largest absolute Gasteiger partial charge is 0.456 e. The Balaban J connectivity index is 1.27. The maximum absolute atomic E-state index is 6.13. The maximum atomic E-state index is 6.13. The minimum absolute atomic E-state index is 0.164. The van der Waals surface area contributed by atoms with Crippen LogP contribution in [0.4, 0.5) is 0 Å². The summed E-state index contributed by atoms with van der Waals surface area (Å²) in [5.74, 6) is 1.83. The molecule has 0 spiro atoms. The van der Waals surface area contributed by atoms with Gasteiger partial charge in [0.05, 0.1) is 11.0 Å². The van der Waals surface area contributed by atoms with Crippen LogP contribution in [0.3, 0.4) is 0 Å². The Hall–Kier alpha value is -6.07. The van der Waals surface area contributed by atoms with E-state index in [0.29, 0.717) is 17.6 Å². The molecule has 3 heterocycles. The normalized spacial score (nSPS) is 13.5. The summed E-state index contributed by atoms with van der Waals surface area (Å²) >= 11 is 0. The van der Waals surface area contributed by atoms with Crippen molar-refractivity contribution in [3.05, 3.63) is 145 Å². The third-order valence-electron chi connectivity index (χ3n) is 9.84. The van der Waals surface area contributed by atoms with Crippen LogP contribution in [-0.2, 0) is 5.41 Å². The highest BCUT2D eigenvalue weighted by molar-refractivity contribution is 6.14. The van der Waals surface area contributed by atoms with Gasteiger partial charge in [-0.2, -0.15) is 9.97 Å². The minimum atomic E-state index is -0.164. The number of aromatic nitrogens is 4. The first kappa shape index (κ1) is 26.2. The molecule has 0 N–H and O–H groups in total. The van der Waals surface area contributed by atoms with E-state index in [0.717, 1.165) is 44.1 Å². The van der Waals surface area contributed by atoms with Crippen molar-refractivity contribution in [1.29, 1.82) is 0 Å². The van der Waals surface area contributed by atoms with Gasteiger partial charge in [0.2, 0.25) is 5.95 Å². The summed E-state index contributed by atoms with van der Waals surface area (Å²) in [7, 11) is 0. The number of hydrogen-bond donors (Lipinski definition) is 0. The van der Waals surface area contributed by atoms with E-state index in [1.54, 1.807) is 0 Å². The topological polar surface area (TPSA) is 56.7 Å². The van der Waals surface area contributed by atoms with Crippen LogP contribution >= 0.6 is 0 Å². The Morgan fingerprint density at radius 2 is 1.23 bits per heavy atom. The summed E-state index contributed by atoms with van der Waals surface area (Å²) in [6.07, 6.45) is 0. The van der Waals surface area contributed by atoms with Crippen LogP contribution in [0, 0.1) is 0 Å². The molecule has 5 heteroatoms. The number of rotatable bonds is 3. The van der Waals surface area contributed by atoms with Crippen molar-refractivity contribution in [3.63, 3.8) is 0 Å². The lowest BCUT2D eigenvalue weighted by Gasteiger charge is -2.22.